The van der Waals surface area contributed by atoms with Crippen molar-refractivity contribution in [3.8, 4) is 68.2 Å². The van der Waals surface area contributed by atoms with E-state index < -0.39 is 46.0 Å². The highest BCUT2D eigenvalue weighted by atomic mass is 16.4. The first kappa shape index (κ1) is 28.2. The molecular formula is C40H25NO8. The van der Waals surface area contributed by atoms with Gasteiger partial charge in [0, 0.05) is 54.5 Å². The molecule has 0 saturated carbocycles. The third-order valence-electron chi connectivity index (χ3n) is 9.61. The Kier molecular flexibility index (Phi) is 5.62. The third kappa shape index (κ3) is 3.69. The van der Waals surface area contributed by atoms with E-state index in [1.54, 1.807) is 36.4 Å². The number of phenols is 8. The van der Waals surface area contributed by atoms with Crippen LogP contribution in [0.4, 0.5) is 0 Å². The normalized spacial score (nSPS) is 11.9. The smallest absolute Gasteiger partial charge is 0.204 e. The van der Waals surface area contributed by atoms with E-state index in [0.717, 1.165) is 32.4 Å². The molecule has 0 aliphatic carbocycles. The molecule has 238 valence electrons. The summed E-state index contributed by atoms with van der Waals surface area (Å²) in [6, 6.07) is 29.8. The number of benzene rings is 8. The number of H-pyrrole nitrogens is 1. The average molecular weight is 648 g/mol. The maximum atomic E-state index is 11.6. The van der Waals surface area contributed by atoms with Crippen LogP contribution in [-0.2, 0) is 0 Å². The molecule has 9 heteroatoms. The van der Waals surface area contributed by atoms with Gasteiger partial charge in [0.05, 0.1) is 0 Å². The van der Waals surface area contributed by atoms with Crippen molar-refractivity contribution in [3.63, 3.8) is 0 Å². The fourth-order valence-electron chi connectivity index (χ4n) is 7.37. The number of aromatic nitrogens is 1. The van der Waals surface area contributed by atoms with Crippen molar-refractivity contribution in [3.05, 3.63) is 97.1 Å². The van der Waals surface area contributed by atoms with Gasteiger partial charge in [0.2, 0.25) is 23.0 Å². The Morgan fingerprint density at radius 2 is 0.837 bits per heavy atom. The van der Waals surface area contributed by atoms with Gasteiger partial charge < -0.3 is 45.8 Å². The van der Waals surface area contributed by atoms with Crippen LogP contribution < -0.4 is 0 Å². The van der Waals surface area contributed by atoms with E-state index in [9.17, 15) is 40.9 Å². The lowest BCUT2D eigenvalue weighted by Gasteiger charge is -2.23. The van der Waals surface area contributed by atoms with Crippen LogP contribution in [0.15, 0.2) is 97.1 Å². The lowest BCUT2D eigenvalue weighted by molar-refractivity contribution is 0.350. The van der Waals surface area contributed by atoms with Crippen molar-refractivity contribution in [2.75, 3.05) is 0 Å². The number of phenolic OH excluding ortho intramolecular Hbond substituents is 8. The summed E-state index contributed by atoms with van der Waals surface area (Å²) < 4.78 is 0. The fraction of sp³-hybridized carbons (Fsp3) is 0. The third-order valence-corrected chi connectivity index (χ3v) is 9.61. The Labute approximate surface area is 275 Å². The molecule has 0 saturated heterocycles. The van der Waals surface area contributed by atoms with Crippen LogP contribution in [0.3, 0.4) is 0 Å². The molecule has 0 bridgehead atoms. The first-order valence-corrected chi connectivity index (χ1v) is 15.3. The first-order valence-electron chi connectivity index (χ1n) is 15.3. The highest BCUT2D eigenvalue weighted by molar-refractivity contribution is 6.30. The van der Waals surface area contributed by atoms with E-state index >= 15 is 0 Å². The monoisotopic (exact) mass is 647 g/mol. The molecule has 8 aromatic carbocycles. The van der Waals surface area contributed by atoms with E-state index in [-0.39, 0.29) is 32.7 Å². The Bertz CT molecular complexity index is 2840. The van der Waals surface area contributed by atoms with E-state index in [0.29, 0.717) is 22.0 Å². The predicted molar refractivity (Wildman–Crippen MR) is 190 cm³/mol. The van der Waals surface area contributed by atoms with Crippen LogP contribution in [0.2, 0.25) is 0 Å². The molecule has 9 N–H and O–H groups in total. The molecule has 1 aromatic heterocycles. The number of hydrogen-bond acceptors (Lipinski definition) is 8. The number of hydrogen-bond donors (Lipinski definition) is 9. The van der Waals surface area contributed by atoms with Crippen molar-refractivity contribution >= 4 is 64.9 Å². The zero-order chi connectivity index (χ0) is 33.9. The van der Waals surface area contributed by atoms with Crippen molar-refractivity contribution in [2.24, 2.45) is 0 Å². The largest absolute Gasteiger partial charge is 0.504 e. The minimum atomic E-state index is -1.01. The zero-order valence-electron chi connectivity index (χ0n) is 25.3. The second-order valence-corrected chi connectivity index (χ2v) is 12.2. The quantitative estimate of drug-likeness (QED) is 0.0507. The van der Waals surface area contributed by atoms with E-state index in [4.69, 9.17) is 0 Å². The van der Waals surface area contributed by atoms with Gasteiger partial charge in [-0.1, -0.05) is 78.9 Å². The maximum absolute atomic E-state index is 11.6. The van der Waals surface area contributed by atoms with E-state index in [1.807, 2.05) is 54.6 Å². The van der Waals surface area contributed by atoms with E-state index in [2.05, 4.69) is 11.1 Å². The molecule has 0 fully saturated rings. The summed E-state index contributed by atoms with van der Waals surface area (Å²) in [5, 5.41) is 94.3. The van der Waals surface area contributed by atoms with Gasteiger partial charge in [0.1, 0.15) is 0 Å². The van der Waals surface area contributed by atoms with Crippen molar-refractivity contribution in [2.45, 2.75) is 0 Å². The van der Waals surface area contributed by atoms with Gasteiger partial charge in [-0.3, -0.25) is 0 Å². The molecule has 9 nitrogen and oxygen atoms in total. The van der Waals surface area contributed by atoms with Crippen molar-refractivity contribution < 1.29 is 40.9 Å². The molecule has 9 rings (SSSR count). The fourth-order valence-corrected chi connectivity index (χ4v) is 7.37. The number of rotatable bonds is 2. The Hall–Kier alpha value is -7.00. The standard InChI is InChI=1S/C40H25NO8/c42-33-29-27(20-12-13-22-24-14-18-7-1-2-8-19(18)15-26(24)41-25(22)16-20)30-32(36(45)40(49)38(47)34(30)43)28(31(29)35(44)39(48)37(33)46)23-11-5-9-17-6-3-4-10-21(17)23/h1-16,41-49H. The van der Waals surface area contributed by atoms with Gasteiger partial charge in [-0.05, 0) is 50.9 Å². The number of aromatic hydroxyl groups is 8. The summed E-state index contributed by atoms with van der Waals surface area (Å²) in [7, 11) is 0. The van der Waals surface area contributed by atoms with Crippen LogP contribution in [0, 0.1) is 0 Å². The van der Waals surface area contributed by atoms with Crippen molar-refractivity contribution in [1.82, 2.24) is 4.98 Å². The number of fused-ring (bicyclic) bond motifs is 7. The van der Waals surface area contributed by atoms with Gasteiger partial charge in [0.15, 0.2) is 23.0 Å². The van der Waals surface area contributed by atoms with E-state index in [1.165, 1.54) is 0 Å². The molecule has 9 aromatic rings. The minimum absolute atomic E-state index is 0.00842. The van der Waals surface area contributed by atoms with Crippen LogP contribution in [-0.4, -0.2) is 45.8 Å². The highest BCUT2D eigenvalue weighted by Gasteiger charge is 2.32. The summed E-state index contributed by atoms with van der Waals surface area (Å²) in [6.07, 6.45) is 0. The molecule has 0 aliphatic rings. The number of aromatic amines is 1. The average Bonchev–Trinajstić information content (AvgIpc) is 3.48. The summed E-state index contributed by atoms with van der Waals surface area (Å²) in [5.74, 6) is -7.33. The summed E-state index contributed by atoms with van der Waals surface area (Å²) in [6.45, 7) is 0. The Morgan fingerprint density at radius 1 is 0.347 bits per heavy atom. The van der Waals surface area contributed by atoms with Gasteiger partial charge in [-0.25, -0.2) is 0 Å². The lowest BCUT2D eigenvalue weighted by atomic mass is 9.82. The van der Waals surface area contributed by atoms with Crippen LogP contribution in [0.5, 0.6) is 46.0 Å². The van der Waals surface area contributed by atoms with Gasteiger partial charge in [0.25, 0.3) is 0 Å². The van der Waals surface area contributed by atoms with Gasteiger partial charge >= 0.3 is 0 Å². The van der Waals surface area contributed by atoms with Crippen LogP contribution >= 0.6 is 0 Å². The Morgan fingerprint density at radius 3 is 1.45 bits per heavy atom. The SMILES string of the molecule is Oc1c(O)c(O)c2c(-c3cccc4ccccc34)c3c(O)c(O)c(O)c(O)c3c(-c3ccc4c(c3)[nH]c3cc5ccccc5cc34)c2c1O. The summed E-state index contributed by atoms with van der Waals surface area (Å²) in [4.78, 5) is 3.42. The van der Waals surface area contributed by atoms with Crippen LogP contribution in [0.25, 0.3) is 87.1 Å². The van der Waals surface area contributed by atoms with Gasteiger partial charge in [-0.15, -0.1) is 0 Å². The topological polar surface area (TPSA) is 178 Å². The molecule has 0 unspecified atom stereocenters. The molecule has 0 radical (unpaired) electrons. The van der Waals surface area contributed by atoms with Crippen molar-refractivity contribution in [1.29, 1.82) is 0 Å². The minimum Gasteiger partial charge on any atom is -0.504 e. The molecule has 49 heavy (non-hydrogen) atoms. The van der Waals surface area contributed by atoms with Crippen LogP contribution in [0.1, 0.15) is 0 Å². The molecule has 0 aliphatic heterocycles. The summed E-state index contributed by atoms with van der Waals surface area (Å²) >= 11 is 0. The molecule has 0 atom stereocenters. The maximum Gasteiger partial charge on any atom is 0.204 e. The first-order chi connectivity index (χ1) is 23.7. The second kappa shape index (κ2) is 9.76. The number of nitrogens with one attached hydrogen (secondary N) is 1. The predicted octanol–water partition coefficient (Wildman–Crippen LogP) is 8.91. The highest BCUT2D eigenvalue weighted by Crippen LogP contribution is 2.62. The summed E-state index contributed by atoms with van der Waals surface area (Å²) in [5.41, 5.74) is 2.25. The molecule has 0 spiro atoms. The molecular weight excluding hydrogens is 622 g/mol. The Balaban J connectivity index is 1.51. The van der Waals surface area contributed by atoms with Gasteiger partial charge in [-0.2, -0.15) is 0 Å². The molecule has 0 amide bonds. The zero-order valence-corrected chi connectivity index (χ0v) is 25.3. The second-order valence-electron chi connectivity index (χ2n) is 12.2. The lowest BCUT2D eigenvalue weighted by Crippen LogP contribution is -1.95. The molecule has 1 heterocycles.